The summed E-state index contributed by atoms with van der Waals surface area (Å²) in [7, 11) is -7.26. The second kappa shape index (κ2) is 8.05. The molecule has 0 aliphatic carbocycles. The van der Waals surface area contributed by atoms with E-state index in [1.165, 1.54) is 12.1 Å². The maximum absolute atomic E-state index is 13.4. The number of hydrogen-bond donors (Lipinski definition) is 0. The highest BCUT2D eigenvalue weighted by atomic mass is 32.2. The standard InChI is InChI=1S/C20H29NO7S2/c1-15(2)28-16-3-5-17(6-4-16)30(24,25)19-14-29(22,23)13-18(19)21-9-7-20(8-10-21)26-11-12-27-20/h3-6,15,18-19H,7-14H2,1-2H3/t18-,19-/m0/s1. The first kappa shape index (κ1) is 22.0. The molecule has 1 spiro atoms. The van der Waals surface area contributed by atoms with Crippen molar-refractivity contribution in [3.63, 3.8) is 0 Å². The minimum Gasteiger partial charge on any atom is -0.491 e. The first-order valence-corrected chi connectivity index (χ1v) is 13.7. The highest BCUT2D eigenvalue weighted by Gasteiger charge is 2.50. The Hall–Kier alpha value is -1.20. The fourth-order valence-electron chi connectivity index (χ4n) is 4.57. The van der Waals surface area contributed by atoms with E-state index in [0.29, 0.717) is 44.9 Å². The quantitative estimate of drug-likeness (QED) is 0.649. The fourth-order valence-corrected chi connectivity index (χ4v) is 9.40. The Morgan fingerprint density at radius 1 is 1.07 bits per heavy atom. The SMILES string of the molecule is CC(C)Oc1ccc(S(=O)(=O)[C@H]2CS(=O)(=O)C[C@@H]2N2CCC3(CC2)OCCO3)cc1. The van der Waals surface area contributed by atoms with E-state index in [-0.39, 0.29) is 22.5 Å². The number of piperidine rings is 1. The van der Waals surface area contributed by atoms with Gasteiger partial charge in [-0.2, -0.15) is 0 Å². The summed E-state index contributed by atoms with van der Waals surface area (Å²) in [6, 6.07) is 5.67. The van der Waals surface area contributed by atoms with E-state index in [1.807, 2.05) is 18.7 Å². The predicted octanol–water partition coefficient (Wildman–Crippen LogP) is 1.25. The van der Waals surface area contributed by atoms with E-state index in [0.717, 1.165) is 0 Å². The number of hydrogen-bond acceptors (Lipinski definition) is 8. The second-order valence-electron chi connectivity index (χ2n) is 8.51. The summed E-state index contributed by atoms with van der Waals surface area (Å²) < 4.78 is 68.7. The maximum atomic E-state index is 13.4. The van der Waals surface area contributed by atoms with E-state index in [1.54, 1.807) is 12.1 Å². The molecule has 168 valence electrons. The van der Waals surface area contributed by atoms with Crippen LogP contribution in [0.3, 0.4) is 0 Å². The summed E-state index contributed by atoms with van der Waals surface area (Å²) in [5.41, 5.74) is 0. The van der Waals surface area contributed by atoms with E-state index < -0.39 is 36.8 Å². The number of nitrogens with zero attached hydrogens (tertiary/aromatic N) is 1. The summed E-state index contributed by atoms with van der Waals surface area (Å²) in [6.07, 6.45) is 1.20. The fraction of sp³-hybridized carbons (Fsp3) is 0.700. The van der Waals surface area contributed by atoms with Crippen molar-refractivity contribution in [2.75, 3.05) is 37.8 Å². The van der Waals surface area contributed by atoms with Gasteiger partial charge in [-0.3, -0.25) is 4.90 Å². The van der Waals surface area contributed by atoms with Gasteiger partial charge in [0, 0.05) is 32.0 Å². The molecule has 0 saturated carbocycles. The molecule has 3 saturated heterocycles. The van der Waals surface area contributed by atoms with Crippen LogP contribution in [0.15, 0.2) is 29.2 Å². The Kier molecular flexibility index (Phi) is 5.91. The molecule has 3 fully saturated rings. The van der Waals surface area contributed by atoms with Gasteiger partial charge in [0.1, 0.15) is 5.75 Å². The van der Waals surface area contributed by atoms with Crippen molar-refractivity contribution in [2.45, 2.75) is 54.8 Å². The topological polar surface area (TPSA) is 99.2 Å². The van der Waals surface area contributed by atoms with Crippen LogP contribution in [-0.4, -0.2) is 82.7 Å². The van der Waals surface area contributed by atoms with Crippen LogP contribution in [0.5, 0.6) is 5.75 Å². The Morgan fingerprint density at radius 2 is 1.67 bits per heavy atom. The largest absolute Gasteiger partial charge is 0.491 e. The number of benzene rings is 1. The van der Waals surface area contributed by atoms with Crippen LogP contribution in [0.25, 0.3) is 0 Å². The van der Waals surface area contributed by atoms with Gasteiger partial charge in [0.25, 0.3) is 0 Å². The van der Waals surface area contributed by atoms with Crippen molar-refractivity contribution in [1.82, 2.24) is 4.90 Å². The lowest BCUT2D eigenvalue weighted by molar-refractivity contribution is -0.187. The van der Waals surface area contributed by atoms with Crippen LogP contribution in [0.1, 0.15) is 26.7 Å². The first-order valence-electron chi connectivity index (χ1n) is 10.3. The van der Waals surface area contributed by atoms with Crippen LogP contribution in [0.2, 0.25) is 0 Å². The van der Waals surface area contributed by atoms with Gasteiger partial charge in [-0.1, -0.05) is 0 Å². The third-order valence-electron chi connectivity index (χ3n) is 6.04. The summed E-state index contributed by atoms with van der Waals surface area (Å²) in [6.45, 7) is 6.00. The van der Waals surface area contributed by atoms with Crippen LogP contribution < -0.4 is 4.74 Å². The Morgan fingerprint density at radius 3 is 2.23 bits per heavy atom. The van der Waals surface area contributed by atoms with Gasteiger partial charge in [-0.05, 0) is 38.1 Å². The molecule has 0 unspecified atom stereocenters. The number of ether oxygens (including phenoxy) is 3. The molecule has 3 aliphatic heterocycles. The third-order valence-corrected chi connectivity index (χ3v) is 10.2. The van der Waals surface area contributed by atoms with Crippen molar-refractivity contribution in [3.8, 4) is 5.75 Å². The van der Waals surface area contributed by atoms with Gasteiger partial charge in [0.15, 0.2) is 25.5 Å². The van der Waals surface area contributed by atoms with E-state index in [2.05, 4.69) is 0 Å². The van der Waals surface area contributed by atoms with E-state index in [4.69, 9.17) is 14.2 Å². The first-order chi connectivity index (χ1) is 14.1. The zero-order valence-electron chi connectivity index (χ0n) is 17.3. The smallest absolute Gasteiger partial charge is 0.183 e. The highest BCUT2D eigenvalue weighted by Crippen LogP contribution is 2.36. The monoisotopic (exact) mass is 459 g/mol. The number of likely N-dealkylation sites (tertiary alicyclic amines) is 1. The molecule has 0 amide bonds. The number of rotatable bonds is 5. The molecular weight excluding hydrogens is 430 g/mol. The van der Waals surface area contributed by atoms with Crippen LogP contribution in [0, 0.1) is 0 Å². The summed E-state index contributed by atoms with van der Waals surface area (Å²) in [5, 5.41) is -0.987. The van der Waals surface area contributed by atoms with Crippen LogP contribution >= 0.6 is 0 Å². The molecule has 0 N–H and O–H groups in total. The normalized spacial score (nSPS) is 28.9. The van der Waals surface area contributed by atoms with Gasteiger partial charge in [-0.25, -0.2) is 16.8 Å². The second-order valence-corrected chi connectivity index (χ2v) is 12.8. The molecule has 3 heterocycles. The van der Waals surface area contributed by atoms with Crippen LogP contribution in [-0.2, 0) is 29.1 Å². The van der Waals surface area contributed by atoms with E-state index in [9.17, 15) is 16.8 Å². The molecule has 8 nitrogen and oxygen atoms in total. The molecular formula is C20H29NO7S2. The molecule has 10 heteroatoms. The average Bonchev–Trinajstić information content (AvgIpc) is 3.27. The van der Waals surface area contributed by atoms with Crippen molar-refractivity contribution < 1.29 is 31.0 Å². The molecule has 2 atom stereocenters. The molecule has 4 rings (SSSR count). The molecule has 0 aromatic heterocycles. The lowest BCUT2D eigenvalue weighted by Gasteiger charge is -2.41. The highest BCUT2D eigenvalue weighted by molar-refractivity contribution is 7.96. The Bertz CT molecular complexity index is 957. The zero-order valence-corrected chi connectivity index (χ0v) is 19.0. The molecule has 0 bridgehead atoms. The van der Waals surface area contributed by atoms with Crippen molar-refractivity contribution >= 4 is 19.7 Å². The van der Waals surface area contributed by atoms with Crippen molar-refractivity contribution in [2.24, 2.45) is 0 Å². The van der Waals surface area contributed by atoms with Gasteiger partial charge < -0.3 is 14.2 Å². The van der Waals surface area contributed by atoms with Crippen molar-refractivity contribution in [3.05, 3.63) is 24.3 Å². The van der Waals surface area contributed by atoms with Crippen LogP contribution in [0.4, 0.5) is 0 Å². The molecule has 30 heavy (non-hydrogen) atoms. The minimum absolute atomic E-state index is 0.0213. The summed E-state index contributed by atoms with van der Waals surface area (Å²) >= 11 is 0. The Labute approximate surface area is 178 Å². The summed E-state index contributed by atoms with van der Waals surface area (Å²) in [5.74, 6) is -0.495. The predicted molar refractivity (Wildman–Crippen MR) is 111 cm³/mol. The van der Waals surface area contributed by atoms with Crippen molar-refractivity contribution in [1.29, 1.82) is 0 Å². The van der Waals surface area contributed by atoms with Gasteiger partial charge >= 0.3 is 0 Å². The molecule has 1 aromatic carbocycles. The molecule has 1 aromatic rings. The van der Waals surface area contributed by atoms with E-state index >= 15 is 0 Å². The molecule has 0 radical (unpaired) electrons. The molecule has 3 aliphatic rings. The lowest BCUT2D eigenvalue weighted by atomic mass is 10.0. The zero-order chi connectivity index (χ0) is 21.6. The minimum atomic E-state index is -3.82. The lowest BCUT2D eigenvalue weighted by Crippen LogP contribution is -2.53. The maximum Gasteiger partial charge on any atom is 0.183 e. The Balaban J connectivity index is 1.54. The van der Waals surface area contributed by atoms with Gasteiger partial charge in [0.05, 0.1) is 41.0 Å². The third kappa shape index (κ3) is 4.38. The number of sulfone groups is 2. The average molecular weight is 460 g/mol. The van der Waals surface area contributed by atoms with Gasteiger partial charge in [0.2, 0.25) is 0 Å². The van der Waals surface area contributed by atoms with Gasteiger partial charge in [-0.15, -0.1) is 0 Å². The summed E-state index contributed by atoms with van der Waals surface area (Å²) in [4.78, 5) is 2.11.